The van der Waals surface area contributed by atoms with Crippen LogP contribution in [0.25, 0.3) is 0 Å². The monoisotopic (exact) mass is 364 g/mol. The first-order chi connectivity index (χ1) is 12.9. The quantitative estimate of drug-likeness (QED) is 0.659. The van der Waals surface area contributed by atoms with Crippen molar-refractivity contribution in [3.8, 4) is 5.75 Å². The maximum atomic E-state index is 12.5. The van der Waals surface area contributed by atoms with Gasteiger partial charge in [0, 0.05) is 16.8 Å². The Balaban J connectivity index is 1.70. The summed E-state index contributed by atoms with van der Waals surface area (Å²) < 4.78 is 10.9. The molecule has 0 aliphatic heterocycles. The van der Waals surface area contributed by atoms with Crippen molar-refractivity contribution in [2.45, 2.75) is 27.4 Å². The van der Waals surface area contributed by atoms with Gasteiger partial charge in [-0.1, -0.05) is 23.4 Å². The lowest BCUT2D eigenvalue weighted by atomic mass is 10.1. The van der Waals surface area contributed by atoms with Crippen molar-refractivity contribution in [3.63, 3.8) is 0 Å². The standard InChI is InChI=1S/C21H20N2O4/c1-13-20(15(3)27-23-13)12-26-19-9-5-7-17(11-19)21(25)22-18-8-4-6-16(10-18)14(2)24/h4-11H,12H2,1-3H3,(H,22,25). The molecule has 0 saturated heterocycles. The van der Waals surface area contributed by atoms with Gasteiger partial charge in [0.1, 0.15) is 18.1 Å². The number of aryl methyl sites for hydroxylation is 2. The second-order valence-electron chi connectivity index (χ2n) is 6.21. The Morgan fingerprint density at radius 2 is 1.81 bits per heavy atom. The van der Waals surface area contributed by atoms with E-state index in [0.717, 1.165) is 11.3 Å². The van der Waals surface area contributed by atoms with E-state index in [2.05, 4.69) is 10.5 Å². The Kier molecular flexibility index (Phi) is 5.35. The second-order valence-corrected chi connectivity index (χ2v) is 6.21. The normalized spacial score (nSPS) is 10.5. The van der Waals surface area contributed by atoms with E-state index in [9.17, 15) is 9.59 Å². The van der Waals surface area contributed by atoms with E-state index in [-0.39, 0.29) is 11.7 Å². The Labute approximate surface area is 157 Å². The third-order valence-electron chi connectivity index (χ3n) is 4.19. The van der Waals surface area contributed by atoms with E-state index in [1.54, 1.807) is 48.5 Å². The van der Waals surface area contributed by atoms with Crippen molar-refractivity contribution in [1.82, 2.24) is 5.16 Å². The molecule has 0 atom stereocenters. The molecular weight excluding hydrogens is 344 g/mol. The molecule has 3 rings (SSSR count). The van der Waals surface area contributed by atoms with Gasteiger partial charge in [-0.25, -0.2) is 0 Å². The molecule has 1 aromatic heterocycles. The summed E-state index contributed by atoms with van der Waals surface area (Å²) in [6, 6.07) is 13.7. The van der Waals surface area contributed by atoms with Crippen molar-refractivity contribution >= 4 is 17.4 Å². The molecule has 6 nitrogen and oxygen atoms in total. The minimum absolute atomic E-state index is 0.0548. The number of carbonyl (C=O) groups excluding carboxylic acids is 2. The number of benzene rings is 2. The molecule has 0 radical (unpaired) electrons. The van der Waals surface area contributed by atoms with Crippen molar-refractivity contribution in [2.75, 3.05) is 5.32 Å². The highest BCUT2D eigenvalue weighted by atomic mass is 16.5. The lowest BCUT2D eigenvalue weighted by Crippen LogP contribution is -2.12. The number of hydrogen-bond acceptors (Lipinski definition) is 5. The van der Waals surface area contributed by atoms with Gasteiger partial charge in [-0.3, -0.25) is 9.59 Å². The fraction of sp³-hybridized carbons (Fsp3) is 0.190. The summed E-state index contributed by atoms with van der Waals surface area (Å²) in [5, 5.41) is 6.69. The molecule has 0 spiro atoms. The molecule has 1 N–H and O–H groups in total. The maximum absolute atomic E-state index is 12.5. The number of nitrogens with one attached hydrogen (secondary N) is 1. The Hall–Kier alpha value is -3.41. The number of Topliss-reactive ketones (excluding diaryl/α,β-unsaturated/α-hetero) is 1. The summed E-state index contributed by atoms with van der Waals surface area (Å²) in [4.78, 5) is 24.0. The summed E-state index contributed by atoms with van der Waals surface area (Å²) in [5.74, 6) is 0.950. The number of ketones is 1. The van der Waals surface area contributed by atoms with Crippen LogP contribution in [-0.2, 0) is 6.61 Å². The lowest BCUT2D eigenvalue weighted by molar-refractivity contribution is 0.101. The SMILES string of the molecule is CC(=O)c1cccc(NC(=O)c2cccc(OCc3c(C)noc3C)c2)c1. The summed E-state index contributed by atoms with van der Waals surface area (Å²) in [6.07, 6.45) is 0. The van der Waals surface area contributed by atoms with Crippen molar-refractivity contribution in [3.05, 3.63) is 76.7 Å². The van der Waals surface area contributed by atoms with Gasteiger partial charge in [-0.05, 0) is 51.1 Å². The highest BCUT2D eigenvalue weighted by molar-refractivity contribution is 6.05. The van der Waals surface area contributed by atoms with Crippen LogP contribution in [0.5, 0.6) is 5.75 Å². The van der Waals surface area contributed by atoms with E-state index < -0.39 is 0 Å². The first-order valence-corrected chi connectivity index (χ1v) is 8.51. The minimum atomic E-state index is -0.279. The van der Waals surface area contributed by atoms with E-state index >= 15 is 0 Å². The Morgan fingerprint density at radius 3 is 2.52 bits per heavy atom. The second kappa shape index (κ2) is 7.86. The topological polar surface area (TPSA) is 81.4 Å². The predicted molar refractivity (Wildman–Crippen MR) is 101 cm³/mol. The van der Waals surface area contributed by atoms with Crippen LogP contribution in [0, 0.1) is 13.8 Å². The van der Waals surface area contributed by atoms with Crippen molar-refractivity contribution in [2.24, 2.45) is 0 Å². The van der Waals surface area contributed by atoms with Crippen LogP contribution in [0.2, 0.25) is 0 Å². The van der Waals surface area contributed by atoms with Gasteiger partial charge in [0.25, 0.3) is 5.91 Å². The smallest absolute Gasteiger partial charge is 0.255 e. The molecule has 0 aliphatic rings. The minimum Gasteiger partial charge on any atom is -0.489 e. The molecule has 1 heterocycles. The number of rotatable bonds is 6. The van der Waals surface area contributed by atoms with Gasteiger partial charge < -0.3 is 14.6 Å². The molecule has 3 aromatic rings. The van der Waals surface area contributed by atoms with Crippen LogP contribution >= 0.6 is 0 Å². The fourth-order valence-corrected chi connectivity index (χ4v) is 2.61. The van der Waals surface area contributed by atoms with Crippen LogP contribution in [0.4, 0.5) is 5.69 Å². The van der Waals surface area contributed by atoms with Crippen molar-refractivity contribution < 1.29 is 18.8 Å². The molecule has 27 heavy (non-hydrogen) atoms. The van der Waals surface area contributed by atoms with Crippen LogP contribution in [0.1, 0.15) is 44.7 Å². The number of carbonyl (C=O) groups is 2. The number of aromatic nitrogens is 1. The zero-order valence-corrected chi connectivity index (χ0v) is 15.4. The molecule has 138 valence electrons. The van der Waals surface area contributed by atoms with E-state index in [1.807, 2.05) is 13.8 Å². The maximum Gasteiger partial charge on any atom is 0.255 e. The summed E-state index contributed by atoms with van der Waals surface area (Å²) in [5.41, 5.74) is 3.25. The third-order valence-corrected chi connectivity index (χ3v) is 4.19. The van der Waals surface area contributed by atoms with Gasteiger partial charge in [0.15, 0.2) is 5.78 Å². The van der Waals surface area contributed by atoms with E-state index in [1.165, 1.54) is 6.92 Å². The molecular formula is C21H20N2O4. The van der Waals surface area contributed by atoms with Gasteiger partial charge in [0.2, 0.25) is 0 Å². The molecule has 2 aromatic carbocycles. The number of anilines is 1. The first-order valence-electron chi connectivity index (χ1n) is 8.51. The lowest BCUT2D eigenvalue weighted by Gasteiger charge is -2.09. The molecule has 0 bridgehead atoms. The van der Waals surface area contributed by atoms with Gasteiger partial charge >= 0.3 is 0 Å². The summed E-state index contributed by atoms with van der Waals surface area (Å²) in [7, 11) is 0. The Bertz CT molecular complexity index is 972. The number of hydrogen-bond donors (Lipinski definition) is 1. The van der Waals surface area contributed by atoms with Crippen LogP contribution in [0.3, 0.4) is 0 Å². The van der Waals surface area contributed by atoms with Gasteiger partial charge in [-0.15, -0.1) is 0 Å². The van der Waals surface area contributed by atoms with Crippen molar-refractivity contribution in [1.29, 1.82) is 0 Å². The number of nitrogens with zero attached hydrogens (tertiary/aromatic N) is 1. The highest BCUT2D eigenvalue weighted by Gasteiger charge is 2.11. The first kappa shape index (κ1) is 18.4. The average Bonchev–Trinajstić information content (AvgIpc) is 2.98. The number of amides is 1. The molecule has 1 amide bonds. The average molecular weight is 364 g/mol. The fourth-order valence-electron chi connectivity index (χ4n) is 2.61. The summed E-state index contributed by atoms with van der Waals surface area (Å²) in [6.45, 7) is 5.49. The van der Waals surface area contributed by atoms with E-state index in [0.29, 0.717) is 34.9 Å². The molecule has 0 fully saturated rings. The highest BCUT2D eigenvalue weighted by Crippen LogP contribution is 2.19. The zero-order valence-electron chi connectivity index (χ0n) is 15.4. The Morgan fingerprint density at radius 1 is 1.07 bits per heavy atom. The van der Waals surface area contributed by atoms with Gasteiger partial charge in [0.05, 0.1) is 11.3 Å². The predicted octanol–water partition coefficient (Wildman–Crippen LogP) is 4.33. The molecule has 6 heteroatoms. The number of ether oxygens (including phenoxy) is 1. The van der Waals surface area contributed by atoms with Gasteiger partial charge in [-0.2, -0.15) is 0 Å². The largest absolute Gasteiger partial charge is 0.489 e. The molecule has 0 saturated carbocycles. The van der Waals surface area contributed by atoms with E-state index in [4.69, 9.17) is 9.26 Å². The third kappa shape index (κ3) is 4.41. The zero-order chi connectivity index (χ0) is 19.4. The van der Waals surface area contributed by atoms with Crippen LogP contribution < -0.4 is 10.1 Å². The summed E-state index contributed by atoms with van der Waals surface area (Å²) >= 11 is 0. The van der Waals surface area contributed by atoms with Crippen LogP contribution in [0.15, 0.2) is 53.1 Å². The van der Waals surface area contributed by atoms with Crippen LogP contribution in [-0.4, -0.2) is 16.8 Å². The molecule has 0 aliphatic carbocycles. The molecule has 0 unspecified atom stereocenters.